The molecule has 1 heterocycles. The van der Waals surface area contributed by atoms with E-state index in [4.69, 9.17) is 16.7 Å². The molecule has 0 aliphatic rings. The predicted octanol–water partition coefficient (Wildman–Crippen LogP) is 3.59. The molecular formula is C18H22ClN3O3. The molecule has 2 aromatic rings. The lowest BCUT2D eigenvalue weighted by molar-refractivity contribution is -0.137. The molecule has 0 fully saturated rings. The first-order valence-corrected chi connectivity index (χ1v) is 8.50. The zero-order chi connectivity index (χ0) is 18.6. The van der Waals surface area contributed by atoms with E-state index in [9.17, 15) is 9.59 Å². The van der Waals surface area contributed by atoms with Crippen LogP contribution in [0, 0.1) is 0 Å². The van der Waals surface area contributed by atoms with Crippen molar-refractivity contribution < 1.29 is 14.7 Å². The number of hydrogen-bond donors (Lipinski definition) is 1. The van der Waals surface area contributed by atoms with Crippen molar-refractivity contribution in [2.45, 2.75) is 32.6 Å². The number of carbonyl (C=O) groups is 2. The quantitative estimate of drug-likeness (QED) is 0.815. The smallest absolute Gasteiger partial charge is 0.303 e. The molecule has 0 aliphatic carbocycles. The molecule has 6 nitrogen and oxygen atoms in total. The monoisotopic (exact) mass is 363 g/mol. The molecular weight excluding hydrogens is 342 g/mol. The van der Waals surface area contributed by atoms with Gasteiger partial charge >= 0.3 is 5.97 Å². The fourth-order valence-corrected chi connectivity index (χ4v) is 2.85. The van der Waals surface area contributed by atoms with E-state index in [1.54, 1.807) is 30.1 Å². The van der Waals surface area contributed by atoms with Gasteiger partial charge in [-0.3, -0.25) is 9.59 Å². The van der Waals surface area contributed by atoms with E-state index in [0.717, 1.165) is 11.4 Å². The van der Waals surface area contributed by atoms with Gasteiger partial charge in [-0.15, -0.1) is 0 Å². The Balaban J connectivity index is 2.29. The number of carbonyl (C=O) groups excluding carboxylic acids is 1. The van der Waals surface area contributed by atoms with Crippen molar-refractivity contribution in [1.82, 2.24) is 14.7 Å². The molecule has 134 valence electrons. The Hall–Kier alpha value is -2.34. The Morgan fingerprint density at radius 3 is 2.68 bits per heavy atom. The second kappa shape index (κ2) is 8.16. The second-order valence-corrected chi connectivity index (χ2v) is 6.65. The summed E-state index contributed by atoms with van der Waals surface area (Å²) in [5.41, 5.74) is 2.12. The van der Waals surface area contributed by atoms with Gasteiger partial charge in [0.15, 0.2) is 0 Å². The van der Waals surface area contributed by atoms with Gasteiger partial charge in [-0.1, -0.05) is 31.5 Å². The molecule has 0 saturated carbocycles. The van der Waals surface area contributed by atoms with E-state index >= 15 is 0 Å². The van der Waals surface area contributed by atoms with Gasteiger partial charge in [0, 0.05) is 25.0 Å². The number of aliphatic carboxylic acids is 1. The first-order valence-electron chi connectivity index (χ1n) is 8.12. The second-order valence-electron chi connectivity index (χ2n) is 6.21. The van der Waals surface area contributed by atoms with Crippen LogP contribution in [0.15, 0.2) is 30.5 Å². The third-order valence-electron chi connectivity index (χ3n) is 3.87. The van der Waals surface area contributed by atoms with E-state index in [-0.39, 0.29) is 18.2 Å². The third kappa shape index (κ3) is 4.60. The van der Waals surface area contributed by atoms with Crippen LogP contribution >= 0.6 is 11.6 Å². The summed E-state index contributed by atoms with van der Waals surface area (Å²) < 4.78 is 1.73. The van der Waals surface area contributed by atoms with Crippen molar-refractivity contribution in [3.05, 3.63) is 46.7 Å². The van der Waals surface area contributed by atoms with Crippen LogP contribution in [-0.4, -0.2) is 45.3 Å². The average Bonchev–Trinajstić information content (AvgIpc) is 2.98. The van der Waals surface area contributed by atoms with Gasteiger partial charge in [0.1, 0.15) is 0 Å². The summed E-state index contributed by atoms with van der Waals surface area (Å²) in [6, 6.07) is 7.30. The Morgan fingerprint density at radius 2 is 2.08 bits per heavy atom. The summed E-state index contributed by atoms with van der Waals surface area (Å²) in [5, 5.41) is 13.7. The van der Waals surface area contributed by atoms with Gasteiger partial charge in [0.2, 0.25) is 0 Å². The molecule has 1 amide bonds. The number of hydrogen-bond acceptors (Lipinski definition) is 3. The molecule has 0 radical (unpaired) electrons. The highest BCUT2D eigenvalue weighted by Crippen LogP contribution is 2.25. The van der Waals surface area contributed by atoms with E-state index in [2.05, 4.69) is 5.10 Å². The molecule has 0 unspecified atom stereocenters. The minimum Gasteiger partial charge on any atom is -0.481 e. The van der Waals surface area contributed by atoms with Crippen LogP contribution in [-0.2, 0) is 4.79 Å². The van der Waals surface area contributed by atoms with Crippen LogP contribution in [0.5, 0.6) is 0 Å². The SMILES string of the molecule is CC(C)c1c(C(=O)N(C)CCCC(=O)O)cnn1-c1cccc(Cl)c1. The largest absolute Gasteiger partial charge is 0.481 e. The highest BCUT2D eigenvalue weighted by molar-refractivity contribution is 6.30. The number of carboxylic acid groups (broad SMARTS) is 1. The number of aromatic nitrogens is 2. The van der Waals surface area contributed by atoms with Gasteiger partial charge in [-0.05, 0) is 30.5 Å². The maximum absolute atomic E-state index is 12.8. The average molecular weight is 364 g/mol. The molecule has 0 bridgehead atoms. The van der Waals surface area contributed by atoms with Crippen LogP contribution in [0.25, 0.3) is 5.69 Å². The zero-order valence-electron chi connectivity index (χ0n) is 14.6. The number of amides is 1. The van der Waals surface area contributed by atoms with Gasteiger partial charge in [0.05, 0.1) is 23.1 Å². The van der Waals surface area contributed by atoms with Crippen molar-refractivity contribution in [3.8, 4) is 5.69 Å². The van der Waals surface area contributed by atoms with Crippen molar-refractivity contribution in [2.75, 3.05) is 13.6 Å². The highest BCUT2D eigenvalue weighted by Gasteiger charge is 2.23. The van der Waals surface area contributed by atoms with Crippen molar-refractivity contribution in [1.29, 1.82) is 0 Å². The van der Waals surface area contributed by atoms with Gasteiger partial charge < -0.3 is 10.0 Å². The van der Waals surface area contributed by atoms with Crippen LogP contribution in [0.2, 0.25) is 5.02 Å². The van der Waals surface area contributed by atoms with E-state index in [1.807, 2.05) is 26.0 Å². The molecule has 0 spiro atoms. The lowest BCUT2D eigenvalue weighted by Gasteiger charge is -2.18. The van der Waals surface area contributed by atoms with Crippen molar-refractivity contribution in [2.24, 2.45) is 0 Å². The van der Waals surface area contributed by atoms with E-state index in [1.165, 1.54) is 4.90 Å². The fourth-order valence-electron chi connectivity index (χ4n) is 2.67. The Bertz CT molecular complexity index is 771. The Kier molecular flexibility index (Phi) is 6.20. The topological polar surface area (TPSA) is 75.4 Å². The lowest BCUT2D eigenvalue weighted by atomic mass is 10.0. The molecule has 1 aromatic carbocycles. The fraction of sp³-hybridized carbons (Fsp3) is 0.389. The van der Waals surface area contributed by atoms with Crippen LogP contribution < -0.4 is 0 Å². The standard InChI is InChI=1S/C18H22ClN3O3/c1-12(2)17-15(18(25)21(3)9-5-8-16(23)24)11-20-22(17)14-7-4-6-13(19)10-14/h4,6-7,10-12H,5,8-9H2,1-3H3,(H,23,24). The van der Waals surface area contributed by atoms with Crippen molar-refractivity contribution in [3.63, 3.8) is 0 Å². The van der Waals surface area contributed by atoms with Gasteiger partial charge in [-0.25, -0.2) is 4.68 Å². The minimum absolute atomic E-state index is 0.0381. The predicted molar refractivity (Wildman–Crippen MR) is 96.5 cm³/mol. The minimum atomic E-state index is -0.863. The van der Waals surface area contributed by atoms with Gasteiger partial charge in [0.25, 0.3) is 5.91 Å². The number of benzene rings is 1. The van der Waals surface area contributed by atoms with Crippen LogP contribution in [0.3, 0.4) is 0 Å². The maximum atomic E-state index is 12.8. The van der Waals surface area contributed by atoms with Crippen LogP contribution in [0.4, 0.5) is 0 Å². The molecule has 0 atom stereocenters. The molecule has 25 heavy (non-hydrogen) atoms. The van der Waals surface area contributed by atoms with Crippen molar-refractivity contribution >= 4 is 23.5 Å². The van der Waals surface area contributed by atoms with Crippen LogP contribution in [0.1, 0.15) is 48.7 Å². The highest BCUT2D eigenvalue weighted by atomic mass is 35.5. The van der Waals surface area contributed by atoms with E-state index in [0.29, 0.717) is 23.6 Å². The maximum Gasteiger partial charge on any atom is 0.303 e. The normalized spacial score (nSPS) is 10.9. The summed E-state index contributed by atoms with van der Waals surface area (Å²) in [4.78, 5) is 24.9. The summed E-state index contributed by atoms with van der Waals surface area (Å²) in [6.45, 7) is 4.38. The van der Waals surface area contributed by atoms with E-state index < -0.39 is 5.97 Å². The number of halogens is 1. The summed E-state index contributed by atoms with van der Waals surface area (Å²) in [6.07, 6.45) is 2.01. The summed E-state index contributed by atoms with van der Waals surface area (Å²) >= 11 is 6.06. The molecule has 0 saturated heterocycles. The Morgan fingerprint density at radius 1 is 1.36 bits per heavy atom. The summed E-state index contributed by atoms with van der Waals surface area (Å²) in [5.74, 6) is -0.951. The third-order valence-corrected chi connectivity index (χ3v) is 4.10. The van der Waals surface area contributed by atoms with Gasteiger partial charge in [-0.2, -0.15) is 5.10 Å². The Labute approximate surface area is 152 Å². The first kappa shape index (κ1) is 19.0. The molecule has 1 aromatic heterocycles. The first-order chi connectivity index (χ1) is 11.8. The molecule has 1 N–H and O–H groups in total. The summed E-state index contributed by atoms with van der Waals surface area (Å²) in [7, 11) is 1.67. The zero-order valence-corrected chi connectivity index (χ0v) is 15.3. The number of nitrogens with zero attached hydrogens (tertiary/aromatic N) is 3. The number of rotatable bonds is 7. The molecule has 7 heteroatoms. The molecule has 2 rings (SSSR count). The lowest BCUT2D eigenvalue weighted by Crippen LogP contribution is -2.29. The number of carboxylic acids is 1. The molecule has 0 aliphatic heterocycles.